The minimum absolute atomic E-state index is 0.0810. The lowest BCUT2D eigenvalue weighted by Crippen LogP contribution is -2.01. The van der Waals surface area contributed by atoms with Gasteiger partial charge in [0.25, 0.3) is 0 Å². The zero-order chi connectivity index (χ0) is 15.1. The maximum atomic E-state index is 12.1. The molecule has 0 saturated heterocycles. The lowest BCUT2D eigenvalue weighted by atomic mass is 10.1. The van der Waals surface area contributed by atoms with E-state index in [1.165, 1.54) is 25.3 Å². The molecule has 2 rings (SSSR count). The summed E-state index contributed by atoms with van der Waals surface area (Å²) in [5, 5.41) is 9.79. The van der Waals surface area contributed by atoms with Gasteiger partial charge in [-0.1, -0.05) is 36.4 Å². The van der Waals surface area contributed by atoms with E-state index in [0.29, 0.717) is 5.75 Å². The molecule has 0 atom stereocenters. The van der Waals surface area contributed by atoms with E-state index in [1.54, 1.807) is 12.1 Å². The third kappa shape index (κ3) is 4.19. The molecule has 21 heavy (non-hydrogen) atoms. The third-order valence-electron chi connectivity index (χ3n) is 2.80. The van der Waals surface area contributed by atoms with Crippen LogP contribution in [-0.2, 0) is 4.74 Å². The lowest BCUT2D eigenvalue weighted by molar-refractivity contribution is 0.0510. The van der Waals surface area contributed by atoms with Crippen LogP contribution in [0.3, 0.4) is 0 Å². The Balaban J connectivity index is 2.16. The Bertz CT molecular complexity index is 632. The van der Waals surface area contributed by atoms with Gasteiger partial charge in [0.1, 0.15) is 11.5 Å². The number of rotatable bonds is 6. The molecule has 0 bridgehead atoms. The van der Waals surface area contributed by atoms with Gasteiger partial charge in [-0.25, -0.2) is 0 Å². The number of aromatic hydroxyl groups is 1. The Morgan fingerprint density at radius 3 is 2.67 bits per heavy atom. The standard InChI is InChI=1S/C17H16O4/c1-20-12-21-14-8-10-17(19)15(11-14)16(18)9-7-13-5-3-2-4-6-13/h2-11,19H,12H2,1H3/b9-7+. The van der Waals surface area contributed by atoms with Crippen LogP contribution >= 0.6 is 0 Å². The van der Waals surface area contributed by atoms with Crippen LogP contribution in [-0.4, -0.2) is 24.8 Å². The molecule has 0 spiro atoms. The van der Waals surface area contributed by atoms with Gasteiger partial charge in [-0.05, 0) is 29.8 Å². The molecule has 0 aliphatic rings. The van der Waals surface area contributed by atoms with Gasteiger partial charge in [0.05, 0.1) is 5.56 Å². The molecule has 0 heterocycles. The summed E-state index contributed by atoms with van der Waals surface area (Å²) in [6.45, 7) is 0.0816. The largest absolute Gasteiger partial charge is 0.507 e. The van der Waals surface area contributed by atoms with Crippen molar-refractivity contribution in [1.29, 1.82) is 0 Å². The maximum Gasteiger partial charge on any atom is 0.189 e. The number of methoxy groups -OCH3 is 1. The normalized spacial score (nSPS) is 10.7. The number of ketones is 1. The summed E-state index contributed by atoms with van der Waals surface area (Å²) in [6.07, 6.45) is 3.12. The van der Waals surface area contributed by atoms with Crippen LogP contribution in [0.1, 0.15) is 15.9 Å². The van der Waals surface area contributed by atoms with Crippen molar-refractivity contribution in [1.82, 2.24) is 0 Å². The first-order chi connectivity index (χ1) is 10.2. The van der Waals surface area contributed by atoms with Crippen molar-refractivity contribution in [3.63, 3.8) is 0 Å². The number of hydrogen-bond donors (Lipinski definition) is 1. The Kier molecular flexibility index (Phi) is 5.12. The first kappa shape index (κ1) is 14.8. The molecular weight excluding hydrogens is 268 g/mol. The summed E-state index contributed by atoms with van der Waals surface area (Å²) in [7, 11) is 1.51. The van der Waals surface area contributed by atoms with E-state index in [2.05, 4.69) is 0 Å². The molecule has 0 aliphatic heterocycles. The van der Waals surface area contributed by atoms with Gasteiger partial charge in [-0.3, -0.25) is 4.79 Å². The predicted molar refractivity (Wildman–Crippen MR) is 80.4 cm³/mol. The molecule has 4 nitrogen and oxygen atoms in total. The van der Waals surface area contributed by atoms with Crippen molar-refractivity contribution in [2.24, 2.45) is 0 Å². The van der Waals surface area contributed by atoms with Gasteiger partial charge in [0, 0.05) is 7.11 Å². The summed E-state index contributed by atoms with van der Waals surface area (Å²) < 4.78 is 10.1. The van der Waals surface area contributed by atoms with E-state index in [4.69, 9.17) is 9.47 Å². The molecule has 0 aromatic heterocycles. The quantitative estimate of drug-likeness (QED) is 0.502. The summed E-state index contributed by atoms with van der Waals surface area (Å²) >= 11 is 0. The van der Waals surface area contributed by atoms with Crippen LogP contribution in [0.15, 0.2) is 54.6 Å². The molecule has 0 unspecified atom stereocenters. The Labute approximate surface area is 123 Å². The lowest BCUT2D eigenvalue weighted by Gasteiger charge is -2.07. The maximum absolute atomic E-state index is 12.1. The Morgan fingerprint density at radius 2 is 1.95 bits per heavy atom. The van der Waals surface area contributed by atoms with Gasteiger partial charge in [0.2, 0.25) is 0 Å². The van der Waals surface area contributed by atoms with Crippen molar-refractivity contribution in [2.45, 2.75) is 0 Å². The molecule has 0 amide bonds. The van der Waals surface area contributed by atoms with Crippen LogP contribution in [0.25, 0.3) is 6.08 Å². The Hall–Kier alpha value is -2.59. The van der Waals surface area contributed by atoms with Crippen LogP contribution in [0, 0.1) is 0 Å². The number of carbonyl (C=O) groups is 1. The van der Waals surface area contributed by atoms with Gasteiger partial charge >= 0.3 is 0 Å². The highest BCUT2D eigenvalue weighted by atomic mass is 16.7. The monoisotopic (exact) mass is 284 g/mol. The molecule has 0 saturated carbocycles. The van der Waals surface area contributed by atoms with E-state index in [0.717, 1.165) is 5.56 Å². The van der Waals surface area contributed by atoms with Crippen LogP contribution in [0.4, 0.5) is 0 Å². The number of allylic oxidation sites excluding steroid dienone is 1. The van der Waals surface area contributed by atoms with E-state index in [-0.39, 0.29) is 23.9 Å². The molecule has 2 aromatic rings. The molecule has 4 heteroatoms. The molecule has 108 valence electrons. The van der Waals surface area contributed by atoms with Crippen molar-refractivity contribution in [2.75, 3.05) is 13.9 Å². The van der Waals surface area contributed by atoms with E-state index in [1.807, 2.05) is 30.3 Å². The topological polar surface area (TPSA) is 55.8 Å². The highest BCUT2D eigenvalue weighted by Gasteiger charge is 2.10. The first-order valence-corrected chi connectivity index (χ1v) is 6.43. The number of carbonyl (C=O) groups excluding carboxylic acids is 1. The van der Waals surface area contributed by atoms with Gasteiger partial charge in [-0.15, -0.1) is 0 Å². The predicted octanol–water partition coefficient (Wildman–Crippen LogP) is 3.27. The van der Waals surface area contributed by atoms with E-state index in [9.17, 15) is 9.90 Å². The number of benzene rings is 2. The Morgan fingerprint density at radius 1 is 1.19 bits per heavy atom. The van der Waals surface area contributed by atoms with Crippen LogP contribution < -0.4 is 4.74 Å². The summed E-state index contributed by atoms with van der Waals surface area (Å²) in [4.78, 5) is 12.1. The summed E-state index contributed by atoms with van der Waals surface area (Å²) in [5.74, 6) is 0.0906. The number of phenolic OH excluding ortho intramolecular Hbond substituents is 1. The SMILES string of the molecule is COCOc1ccc(O)c(C(=O)/C=C/c2ccccc2)c1. The average Bonchev–Trinajstić information content (AvgIpc) is 2.53. The van der Waals surface area contributed by atoms with Crippen molar-refractivity contribution in [3.05, 3.63) is 65.7 Å². The second-order valence-corrected chi connectivity index (χ2v) is 4.34. The van der Waals surface area contributed by atoms with Crippen molar-refractivity contribution in [3.8, 4) is 11.5 Å². The minimum Gasteiger partial charge on any atom is -0.507 e. The number of hydrogen-bond acceptors (Lipinski definition) is 4. The summed E-state index contributed by atoms with van der Waals surface area (Å²) in [5.41, 5.74) is 1.10. The highest BCUT2D eigenvalue weighted by Crippen LogP contribution is 2.24. The molecule has 0 fully saturated rings. The van der Waals surface area contributed by atoms with Crippen LogP contribution in [0.2, 0.25) is 0 Å². The number of phenols is 1. The summed E-state index contributed by atoms with van der Waals surface area (Å²) in [6, 6.07) is 14.0. The fraction of sp³-hybridized carbons (Fsp3) is 0.118. The second-order valence-electron chi connectivity index (χ2n) is 4.34. The van der Waals surface area contributed by atoms with Crippen LogP contribution in [0.5, 0.6) is 11.5 Å². The van der Waals surface area contributed by atoms with Crippen molar-refractivity contribution >= 4 is 11.9 Å². The first-order valence-electron chi connectivity index (χ1n) is 6.43. The zero-order valence-corrected chi connectivity index (χ0v) is 11.7. The molecule has 0 aliphatic carbocycles. The van der Waals surface area contributed by atoms with Gasteiger partial charge in [0.15, 0.2) is 12.6 Å². The van der Waals surface area contributed by atoms with E-state index >= 15 is 0 Å². The third-order valence-corrected chi connectivity index (χ3v) is 2.80. The minimum atomic E-state index is -0.292. The fourth-order valence-electron chi connectivity index (χ4n) is 1.76. The fourth-order valence-corrected chi connectivity index (χ4v) is 1.76. The smallest absolute Gasteiger partial charge is 0.189 e. The second kappa shape index (κ2) is 7.26. The van der Waals surface area contributed by atoms with Gasteiger partial charge in [-0.2, -0.15) is 0 Å². The molecule has 1 N–H and O–H groups in total. The molecule has 0 radical (unpaired) electrons. The highest BCUT2D eigenvalue weighted by molar-refractivity contribution is 6.08. The van der Waals surface area contributed by atoms with E-state index < -0.39 is 0 Å². The average molecular weight is 284 g/mol. The van der Waals surface area contributed by atoms with Crippen molar-refractivity contribution < 1.29 is 19.4 Å². The zero-order valence-electron chi connectivity index (χ0n) is 11.7. The molecular formula is C17H16O4. The molecule has 2 aromatic carbocycles. The van der Waals surface area contributed by atoms with Gasteiger partial charge < -0.3 is 14.6 Å². The number of ether oxygens (including phenoxy) is 2.